The van der Waals surface area contributed by atoms with E-state index < -0.39 is 36.3 Å². The molecule has 0 aliphatic carbocycles. The minimum Gasteiger partial charge on any atom is -0.311 e. The Labute approximate surface area is 187 Å². The van der Waals surface area contributed by atoms with Crippen LogP contribution in [0.1, 0.15) is 22.9 Å². The summed E-state index contributed by atoms with van der Waals surface area (Å²) in [6, 6.07) is 23.9. The van der Waals surface area contributed by atoms with Crippen molar-refractivity contribution in [3.05, 3.63) is 102 Å². The number of carbonyl (C=O) groups is 2. The highest BCUT2D eigenvalue weighted by Gasteiger charge is 2.38. The Hall–Kier alpha value is -4.14. The molecule has 4 aromatic rings. The van der Waals surface area contributed by atoms with E-state index in [1.54, 1.807) is 60.7 Å². The Morgan fingerprint density at radius 1 is 0.818 bits per heavy atom. The quantitative estimate of drug-likeness (QED) is 0.449. The summed E-state index contributed by atoms with van der Waals surface area (Å²) in [6.07, 6.45) is -4.74. The number of aromatic nitrogens is 2. The molecular weight excluding hydrogens is 433 g/mol. The average molecular weight is 452 g/mol. The SMILES string of the molecule is O=C(Cn1c(C(F)(F)F)nc2ccccc21)NNC(=O)C(c1ccccc1)c1ccccc1. The number of amides is 2. The molecule has 168 valence electrons. The van der Waals surface area contributed by atoms with Crippen LogP contribution in [0.2, 0.25) is 0 Å². The first-order chi connectivity index (χ1) is 15.8. The van der Waals surface area contributed by atoms with E-state index in [0.717, 1.165) is 4.57 Å². The van der Waals surface area contributed by atoms with Gasteiger partial charge in [-0.05, 0) is 23.3 Å². The lowest BCUT2D eigenvalue weighted by molar-refractivity contribution is -0.147. The van der Waals surface area contributed by atoms with Gasteiger partial charge in [-0.2, -0.15) is 13.2 Å². The van der Waals surface area contributed by atoms with E-state index in [1.165, 1.54) is 12.1 Å². The van der Waals surface area contributed by atoms with Gasteiger partial charge in [-0.3, -0.25) is 20.4 Å². The minimum absolute atomic E-state index is 0.120. The second kappa shape index (κ2) is 9.15. The maximum atomic E-state index is 13.4. The second-order valence-electron chi connectivity index (χ2n) is 7.30. The van der Waals surface area contributed by atoms with E-state index in [4.69, 9.17) is 0 Å². The first-order valence-corrected chi connectivity index (χ1v) is 10.1. The van der Waals surface area contributed by atoms with Crippen LogP contribution in [0.5, 0.6) is 0 Å². The molecule has 0 saturated heterocycles. The van der Waals surface area contributed by atoms with Crippen molar-refractivity contribution in [1.29, 1.82) is 0 Å². The Kier molecular flexibility index (Phi) is 6.12. The van der Waals surface area contributed by atoms with E-state index in [2.05, 4.69) is 15.8 Å². The number of nitrogens with one attached hydrogen (secondary N) is 2. The average Bonchev–Trinajstić information content (AvgIpc) is 3.18. The molecule has 0 fully saturated rings. The molecule has 0 bridgehead atoms. The molecule has 1 heterocycles. The third-order valence-electron chi connectivity index (χ3n) is 5.06. The first-order valence-electron chi connectivity index (χ1n) is 10.1. The van der Waals surface area contributed by atoms with Gasteiger partial charge >= 0.3 is 6.18 Å². The Bertz CT molecular complexity index is 1230. The standard InChI is InChI=1S/C24H19F3N4O2/c25-24(26,27)23-28-18-13-7-8-14-19(18)31(23)15-20(32)29-30-22(33)21(16-9-3-1-4-10-16)17-11-5-2-6-12-17/h1-14,21H,15H2,(H,29,32)(H,30,33). The minimum atomic E-state index is -4.74. The number of nitrogens with zero attached hydrogens (tertiary/aromatic N) is 2. The number of hydrazine groups is 1. The third-order valence-corrected chi connectivity index (χ3v) is 5.06. The lowest BCUT2D eigenvalue weighted by Crippen LogP contribution is -2.45. The smallest absolute Gasteiger partial charge is 0.311 e. The molecule has 1 aromatic heterocycles. The summed E-state index contributed by atoms with van der Waals surface area (Å²) < 4.78 is 41.1. The van der Waals surface area contributed by atoms with Crippen LogP contribution >= 0.6 is 0 Å². The van der Waals surface area contributed by atoms with E-state index in [-0.39, 0.29) is 11.0 Å². The summed E-state index contributed by atoms with van der Waals surface area (Å²) in [7, 11) is 0. The van der Waals surface area contributed by atoms with Crippen LogP contribution in [0.15, 0.2) is 84.9 Å². The monoisotopic (exact) mass is 452 g/mol. The summed E-state index contributed by atoms with van der Waals surface area (Å²) in [4.78, 5) is 29.1. The van der Waals surface area contributed by atoms with Crippen molar-refractivity contribution in [1.82, 2.24) is 20.4 Å². The van der Waals surface area contributed by atoms with Gasteiger partial charge in [0, 0.05) is 0 Å². The molecule has 2 amide bonds. The molecule has 0 unspecified atom stereocenters. The molecule has 33 heavy (non-hydrogen) atoms. The van der Waals surface area contributed by atoms with Crippen LogP contribution in [0, 0.1) is 0 Å². The molecule has 2 N–H and O–H groups in total. The van der Waals surface area contributed by atoms with Crippen LogP contribution < -0.4 is 10.9 Å². The number of carbonyl (C=O) groups excluding carboxylic acids is 2. The Morgan fingerprint density at radius 3 is 1.94 bits per heavy atom. The van der Waals surface area contributed by atoms with Crippen molar-refractivity contribution < 1.29 is 22.8 Å². The number of alkyl halides is 3. The van der Waals surface area contributed by atoms with Crippen LogP contribution in [0.4, 0.5) is 13.2 Å². The number of halogens is 3. The Morgan fingerprint density at radius 2 is 1.36 bits per heavy atom. The van der Waals surface area contributed by atoms with Gasteiger partial charge in [0.2, 0.25) is 11.7 Å². The topological polar surface area (TPSA) is 76.0 Å². The summed E-state index contributed by atoms with van der Waals surface area (Å²) in [5, 5.41) is 0. The van der Waals surface area contributed by atoms with Crippen molar-refractivity contribution >= 4 is 22.8 Å². The van der Waals surface area contributed by atoms with Crippen LogP contribution in [0.3, 0.4) is 0 Å². The van der Waals surface area contributed by atoms with Gasteiger partial charge in [0.15, 0.2) is 0 Å². The maximum absolute atomic E-state index is 13.4. The number of rotatable bonds is 5. The number of benzene rings is 3. The molecule has 9 heteroatoms. The highest BCUT2D eigenvalue weighted by molar-refractivity contribution is 5.89. The van der Waals surface area contributed by atoms with Gasteiger partial charge in [0.25, 0.3) is 5.91 Å². The van der Waals surface area contributed by atoms with Crippen molar-refractivity contribution in [3.63, 3.8) is 0 Å². The highest BCUT2D eigenvalue weighted by Crippen LogP contribution is 2.31. The Balaban J connectivity index is 1.52. The molecule has 6 nitrogen and oxygen atoms in total. The van der Waals surface area contributed by atoms with Crippen molar-refractivity contribution in [3.8, 4) is 0 Å². The molecule has 4 rings (SSSR count). The lowest BCUT2D eigenvalue weighted by Gasteiger charge is -2.18. The number of hydrogen-bond acceptors (Lipinski definition) is 3. The van der Waals surface area contributed by atoms with E-state index >= 15 is 0 Å². The molecule has 0 aliphatic heterocycles. The van der Waals surface area contributed by atoms with Gasteiger partial charge in [-0.15, -0.1) is 0 Å². The number of imidazole rings is 1. The highest BCUT2D eigenvalue weighted by atomic mass is 19.4. The zero-order valence-corrected chi connectivity index (χ0v) is 17.2. The number of para-hydroxylation sites is 2. The predicted octanol–water partition coefficient (Wildman–Crippen LogP) is 4.03. The maximum Gasteiger partial charge on any atom is 0.449 e. The van der Waals surface area contributed by atoms with Crippen molar-refractivity contribution in [2.24, 2.45) is 0 Å². The predicted molar refractivity (Wildman–Crippen MR) is 116 cm³/mol. The van der Waals surface area contributed by atoms with Crippen LogP contribution in [-0.4, -0.2) is 21.4 Å². The molecule has 0 atom stereocenters. The van der Waals surface area contributed by atoms with Gasteiger partial charge in [-0.25, -0.2) is 4.98 Å². The fourth-order valence-corrected chi connectivity index (χ4v) is 3.62. The first kappa shape index (κ1) is 22.1. The second-order valence-corrected chi connectivity index (χ2v) is 7.30. The zero-order chi connectivity index (χ0) is 23.4. The molecule has 3 aromatic carbocycles. The fourth-order valence-electron chi connectivity index (χ4n) is 3.62. The summed E-state index contributed by atoms with van der Waals surface area (Å²) in [5.74, 6) is -3.24. The van der Waals surface area contributed by atoms with Gasteiger partial charge in [-0.1, -0.05) is 72.8 Å². The zero-order valence-electron chi connectivity index (χ0n) is 17.2. The molecule has 0 saturated carbocycles. The van der Waals surface area contributed by atoms with Crippen molar-refractivity contribution in [2.45, 2.75) is 18.6 Å². The lowest BCUT2D eigenvalue weighted by atomic mass is 9.91. The van der Waals surface area contributed by atoms with Gasteiger partial charge in [0.05, 0.1) is 17.0 Å². The summed E-state index contributed by atoms with van der Waals surface area (Å²) >= 11 is 0. The number of fused-ring (bicyclic) bond motifs is 1. The third kappa shape index (κ3) is 4.87. The largest absolute Gasteiger partial charge is 0.449 e. The van der Waals surface area contributed by atoms with Crippen molar-refractivity contribution in [2.75, 3.05) is 0 Å². The fraction of sp³-hybridized carbons (Fsp3) is 0.125. The van der Waals surface area contributed by atoms with E-state index in [0.29, 0.717) is 11.1 Å². The van der Waals surface area contributed by atoms with Gasteiger partial charge < -0.3 is 4.57 Å². The van der Waals surface area contributed by atoms with Crippen LogP contribution in [-0.2, 0) is 22.3 Å². The number of hydrogen-bond donors (Lipinski definition) is 2. The normalized spacial score (nSPS) is 11.5. The molecular formula is C24H19F3N4O2. The van der Waals surface area contributed by atoms with Gasteiger partial charge in [0.1, 0.15) is 6.54 Å². The molecule has 0 aliphatic rings. The molecule has 0 spiro atoms. The van der Waals surface area contributed by atoms with E-state index in [1.807, 2.05) is 12.1 Å². The van der Waals surface area contributed by atoms with Crippen LogP contribution in [0.25, 0.3) is 11.0 Å². The van der Waals surface area contributed by atoms with E-state index in [9.17, 15) is 22.8 Å². The summed E-state index contributed by atoms with van der Waals surface area (Å²) in [5.41, 5.74) is 6.27. The molecule has 0 radical (unpaired) electrons. The summed E-state index contributed by atoms with van der Waals surface area (Å²) in [6.45, 7) is -0.670.